The molecule has 5 aromatic carbocycles. The molecule has 0 N–H and O–H groups in total. The topological polar surface area (TPSA) is 62.5 Å². The van der Waals surface area contributed by atoms with Crippen LogP contribution in [0.5, 0.6) is 0 Å². The van der Waals surface area contributed by atoms with Crippen LogP contribution in [0.4, 0.5) is 0 Å². The van der Waals surface area contributed by atoms with Crippen LogP contribution < -0.4 is 0 Å². The van der Waals surface area contributed by atoms with Gasteiger partial charge in [0.25, 0.3) is 0 Å². The number of nitrogens with zero attached hydrogens (tertiary/aromatic N) is 4. The molecular weight excluding hydrogens is 536 g/mol. The number of nitriles is 1. The van der Waals surface area contributed by atoms with Gasteiger partial charge in [-0.15, -0.1) is 0 Å². The van der Waals surface area contributed by atoms with E-state index in [0.717, 1.165) is 46.2 Å². The molecule has 0 amide bonds. The molecule has 44 heavy (non-hydrogen) atoms. The summed E-state index contributed by atoms with van der Waals surface area (Å²) in [5.41, 5.74) is 11.1. The number of hydrogen-bond acceptors (Lipinski definition) is 4. The lowest BCUT2D eigenvalue weighted by molar-refractivity contribution is 0.353. The van der Waals surface area contributed by atoms with Gasteiger partial charge in [0.2, 0.25) is 0 Å². The van der Waals surface area contributed by atoms with Crippen LogP contribution >= 0.6 is 0 Å². The van der Waals surface area contributed by atoms with Crippen LogP contribution in [0.2, 0.25) is 0 Å². The van der Waals surface area contributed by atoms with E-state index in [2.05, 4.69) is 60.7 Å². The van der Waals surface area contributed by atoms with Crippen molar-refractivity contribution in [3.05, 3.63) is 138 Å². The Morgan fingerprint density at radius 2 is 1.05 bits per heavy atom. The summed E-state index contributed by atoms with van der Waals surface area (Å²) in [4.78, 5) is 14.6. The van der Waals surface area contributed by atoms with Gasteiger partial charge < -0.3 is 0 Å². The third-order valence-electron chi connectivity index (χ3n) is 9.39. The van der Waals surface area contributed by atoms with Crippen molar-refractivity contribution in [3.63, 3.8) is 0 Å². The Bertz CT molecular complexity index is 1980. The van der Waals surface area contributed by atoms with E-state index >= 15 is 0 Å². The van der Waals surface area contributed by atoms with E-state index in [0.29, 0.717) is 17.5 Å². The van der Waals surface area contributed by atoms with Gasteiger partial charge >= 0.3 is 0 Å². The van der Waals surface area contributed by atoms with Crippen molar-refractivity contribution in [1.82, 2.24) is 15.0 Å². The normalized spacial score (nSPS) is 14.5. The number of fused-ring (bicyclic) bond motifs is 5. The average Bonchev–Trinajstić information content (AvgIpc) is 3.37. The van der Waals surface area contributed by atoms with Gasteiger partial charge in [-0.05, 0) is 52.8 Å². The van der Waals surface area contributed by atoms with Crippen LogP contribution in [0.1, 0.15) is 48.8 Å². The van der Waals surface area contributed by atoms with E-state index in [-0.39, 0.29) is 5.41 Å². The fourth-order valence-electron chi connectivity index (χ4n) is 7.26. The summed E-state index contributed by atoms with van der Waals surface area (Å²) in [6.07, 6.45) is 5.99. The minimum Gasteiger partial charge on any atom is -0.208 e. The summed E-state index contributed by atoms with van der Waals surface area (Å²) >= 11 is 0. The first-order chi connectivity index (χ1) is 21.7. The van der Waals surface area contributed by atoms with E-state index in [4.69, 9.17) is 15.0 Å². The largest absolute Gasteiger partial charge is 0.208 e. The van der Waals surface area contributed by atoms with Crippen molar-refractivity contribution in [3.8, 4) is 62.5 Å². The monoisotopic (exact) mass is 566 g/mol. The maximum absolute atomic E-state index is 9.97. The van der Waals surface area contributed by atoms with Crippen molar-refractivity contribution < 1.29 is 0 Å². The molecule has 0 aliphatic heterocycles. The molecule has 1 spiro atoms. The number of aromatic nitrogens is 3. The number of hydrogen-bond donors (Lipinski definition) is 0. The van der Waals surface area contributed by atoms with Gasteiger partial charge in [-0.3, -0.25) is 0 Å². The van der Waals surface area contributed by atoms with Gasteiger partial charge in [-0.2, -0.15) is 5.26 Å². The minimum atomic E-state index is -0.00170. The van der Waals surface area contributed by atoms with Crippen LogP contribution in [-0.4, -0.2) is 15.0 Å². The Morgan fingerprint density at radius 3 is 1.64 bits per heavy atom. The molecule has 2 aliphatic carbocycles. The molecule has 0 saturated heterocycles. The second-order valence-electron chi connectivity index (χ2n) is 11.9. The van der Waals surface area contributed by atoms with Crippen molar-refractivity contribution >= 4 is 0 Å². The molecule has 0 bridgehead atoms. The lowest BCUT2D eigenvalue weighted by atomic mass is 9.67. The standard InChI is InChI=1S/C40H30N4/c41-26-32-15-10-16-34-36(32)33-22-21-31(25-35(33)40(34)23-8-3-9-24-40)27-17-19-30(20-18-27)39-43-37(28-11-4-1-5-12-28)42-38(44-39)29-13-6-2-7-14-29/h1-2,4-7,10-22,25H,3,8-9,23-24H2. The zero-order chi connectivity index (χ0) is 29.5. The first-order valence-corrected chi connectivity index (χ1v) is 15.4. The highest BCUT2D eigenvalue weighted by Gasteiger charge is 2.44. The third kappa shape index (κ3) is 4.32. The predicted octanol–water partition coefficient (Wildman–Crippen LogP) is 9.64. The Kier molecular flexibility index (Phi) is 6.38. The summed E-state index contributed by atoms with van der Waals surface area (Å²) in [7, 11) is 0. The Morgan fingerprint density at radius 1 is 0.500 bits per heavy atom. The van der Waals surface area contributed by atoms with E-state index in [1.54, 1.807) is 0 Å². The van der Waals surface area contributed by atoms with Crippen LogP contribution in [0.25, 0.3) is 56.4 Å². The highest BCUT2D eigenvalue weighted by molar-refractivity contribution is 5.87. The third-order valence-corrected chi connectivity index (χ3v) is 9.39. The van der Waals surface area contributed by atoms with Crippen LogP contribution in [0.15, 0.2) is 121 Å². The minimum absolute atomic E-state index is 0.00170. The molecule has 6 aromatic rings. The van der Waals surface area contributed by atoms with E-state index < -0.39 is 0 Å². The van der Waals surface area contributed by atoms with Gasteiger partial charge in [-0.1, -0.05) is 128 Å². The molecular formula is C40H30N4. The van der Waals surface area contributed by atoms with Gasteiger partial charge in [0, 0.05) is 27.7 Å². The lowest BCUT2D eigenvalue weighted by Crippen LogP contribution is -2.28. The van der Waals surface area contributed by atoms with Crippen LogP contribution in [0, 0.1) is 11.3 Å². The van der Waals surface area contributed by atoms with Crippen molar-refractivity contribution in [2.75, 3.05) is 0 Å². The van der Waals surface area contributed by atoms with Crippen LogP contribution in [0.3, 0.4) is 0 Å². The molecule has 1 aromatic heterocycles. The zero-order valence-corrected chi connectivity index (χ0v) is 24.4. The molecule has 210 valence electrons. The number of rotatable bonds is 4. The van der Waals surface area contributed by atoms with E-state index in [1.807, 2.05) is 66.7 Å². The molecule has 0 radical (unpaired) electrons. The Hall–Kier alpha value is -5.40. The average molecular weight is 567 g/mol. The maximum atomic E-state index is 9.97. The molecule has 1 heterocycles. The number of benzene rings is 5. The zero-order valence-electron chi connectivity index (χ0n) is 24.4. The quantitative estimate of drug-likeness (QED) is 0.213. The summed E-state index contributed by atoms with van der Waals surface area (Å²) < 4.78 is 0. The smallest absolute Gasteiger partial charge is 0.164 e. The first kappa shape index (κ1) is 26.2. The van der Waals surface area contributed by atoms with Crippen molar-refractivity contribution in [1.29, 1.82) is 5.26 Å². The first-order valence-electron chi connectivity index (χ1n) is 15.4. The molecule has 0 atom stereocenters. The SMILES string of the molecule is N#Cc1cccc2c1-c1ccc(-c3ccc(-c4nc(-c5ccccc5)nc(-c5ccccc5)n4)cc3)cc1C21CCCCC1. The summed E-state index contributed by atoms with van der Waals surface area (Å²) in [6, 6.07) is 44.3. The predicted molar refractivity (Wildman–Crippen MR) is 176 cm³/mol. The van der Waals surface area contributed by atoms with Gasteiger partial charge in [0.05, 0.1) is 11.6 Å². The molecule has 1 saturated carbocycles. The van der Waals surface area contributed by atoms with Crippen LogP contribution in [-0.2, 0) is 5.41 Å². The van der Waals surface area contributed by atoms with Crippen molar-refractivity contribution in [2.24, 2.45) is 0 Å². The van der Waals surface area contributed by atoms with E-state index in [1.165, 1.54) is 41.5 Å². The Labute approximate surface area is 257 Å². The fraction of sp³-hybridized carbons (Fsp3) is 0.150. The second kappa shape index (κ2) is 10.7. The highest BCUT2D eigenvalue weighted by atomic mass is 15.0. The molecule has 4 heteroatoms. The highest BCUT2D eigenvalue weighted by Crippen LogP contribution is 2.57. The second-order valence-corrected chi connectivity index (χ2v) is 11.9. The Balaban J connectivity index is 1.20. The molecule has 2 aliphatic rings. The molecule has 0 unspecified atom stereocenters. The maximum Gasteiger partial charge on any atom is 0.164 e. The summed E-state index contributed by atoms with van der Waals surface area (Å²) in [6.45, 7) is 0. The van der Waals surface area contributed by atoms with Crippen molar-refractivity contribution in [2.45, 2.75) is 37.5 Å². The summed E-state index contributed by atoms with van der Waals surface area (Å²) in [5, 5.41) is 9.97. The molecule has 8 rings (SSSR count). The van der Waals surface area contributed by atoms with Gasteiger partial charge in [0.1, 0.15) is 0 Å². The fourth-order valence-corrected chi connectivity index (χ4v) is 7.26. The summed E-state index contributed by atoms with van der Waals surface area (Å²) in [5.74, 6) is 1.97. The van der Waals surface area contributed by atoms with Gasteiger partial charge in [0.15, 0.2) is 17.5 Å². The van der Waals surface area contributed by atoms with E-state index in [9.17, 15) is 5.26 Å². The lowest BCUT2D eigenvalue weighted by Gasteiger charge is -2.36. The molecule has 4 nitrogen and oxygen atoms in total. The molecule has 1 fully saturated rings. The van der Waals surface area contributed by atoms with Gasteiger partial charge in [-0.25, -0.2) is 15.0 Å².